The predicted molar refractivity (Wildman–Crippen MR) is 72.8 cm³/mol. The molecule has 2 aliphatic rings. The molecule has 2 heterocycles. The number of nitrogens with zero attached hydrogens (tertiary/aromatic N) is 1. The number of sulfonamides is 1. The Morgan fingerprint density at radius 2 is 1.89 bits per heavy atom. The molecule has 0 aromatic rings. The SMILES string of the molecule is CCNS(=O)(=O)CCN1C2CCCC1CC(N)C2. The van der Waals surface area contributed by atoms with Crippen LogP contribution in [0, 0.1) is 0 Å². The minimum atomic E-state index is -3.10. The van der Waals surface area contributed by atoms with Gasteiger partial charge >= 0.3 is 0 Å². The van der Waals surface area contributed by atoms with Crippen LogP contribution in [-0.2, 0) is 10.0 Å². The van der Waals surface area contributed by atoms with Gasteiger partial charge < -0.3 is 5.73 Å². The fourth-order valence-corrected chi connectivity index (χ4v) is 4.44. The van der Waals surface area contributed by atoms with Crippen LogP contribution in [0.25, 0.3) is 0 Å². The van der Waals surface area contributed by atoms with E-state index in [2.05, 4.69) is 9.62 Å². The molecule has 0 aliphatic carbocycles. The highest BCUT2D eigenvalue weighted by Gasteiger charge is 2.37. The van der Waals surface area contributed by atoms with Gasteiger partial charge in [0, 0.05) is 31.2 Å². The first kappa shape index (κ1) is 14.2. The van der Waals surface area contributed by atoms with Crippen molar-refractivity contribution in [2.45, 2.75) is 57.2 Å². The minimum absolute atomic E-state index is 0.211. The third kappa shape index (κ3) is 3.44. The molecule has 0 aromatic carbocycles. The van der Waals surface area contributed by atoms with Gasteiger partial charge in [-0.15, -0.1) is 0 Å². The molecule has 2 rings (SSSR count). The monoisotopic (exact) mass is 275 g/mol. The van der Waals surface area contributed by atoms with Gasteiger partial charge in [-0.2, -0.15) is 0 Å². The Morgan fingerprint density at radius 1 is 1.28 bits per heavy atom. The molecule has 0 amide bonds. The number of fused-ring (bicyclic) bond motifs is 2. The summed E-state index contributed by atoms with van der Waals surface area (Å²) in [6.45, 7) is 2.93. The van der Waals surface area contributed by atoms with Crippen LogP contribution < -0.4 is 10.5 Å². The Kier molecular flexibility index (Phi) is 4.64. The van der Waals surface area contributed by atoms with Gasteiger partial charge in [0.2, 0.25) is 10.0 Å². The Balaban J connectivity index is 1.93. The Hall–Kier alpha value is -0.170. The molecule has 2 atom stereocenters. The lowest BCUT2D eigenvalue weighted by molar-refractivity contribution is 0.0373. The quantitative estimate of drug-likeness (QED) is 0.755. The van der Waals surface area contributed by atoms with Crippen molar-refractivity contribution in [2.24, 2.45) is 5.73 Å². The summed E-state index contributed by atoms with van der Waals surface area (Å²) in [5.41, 5.74) is 6.06. The minimum Gasteiger partial charge on any atom is -0.328 e. The molecule has 2 bridgehead atoms. The van der Waals surface area contributed by atoms with E-state index in [1.54, 1.807) is 0 Å². The Bertz CT molecular complexity index is 358. The summed E-state index contributed by atoms with van der Waals surface area (Å²) < 4.78 is 25.9. The lowest BCUT2D eigenvalue weighted by Gasteiger charge is -2.48. The van der Waals surface area contributed by atoms with Gasteiger partial charge in [-0.1, -0.05) is 13.3 Å². The molecule has 2 saturated heterocycles. The first-order valence-corrected chi connectivity index (χ1v) is 8.65. The molecule has 18 heavy (non-hydrogen) atoms. The predicted octanol–water partition coefficient (Wildman–Crippen LogP) is 0.270. The highest BCUT2D eigenvalue weighted by atomic mass is 32.2. The molecular formula is C12H25N3O2S. The first-order chi connectivity index (χ1) is 8.52. The molecule has 5 nitrogen and oxygen atoms in total. The third-order valence-electron chi connectivity index (χ3n) is 4.14. The second-order valence-corrected chi connectivity index (χ2v) is 7.45. The van der Waals surface area contributed by atoms with Crippen molar-refractivity contribution in [3.8, 4) is 0 Å². The molecule has 2 aliphatic heterocycles. The molecule has 0 saturated carbocycles. The fourth-order valence-electron chi connectivity index (χ4n) is 3.40. The van der Waals surface area contributed by atoms with Gasteiger partial charge in [0.25, 0.3) is 0 Å². The van der Waals surface area contributed by atoms with Gasteiger partial charge in [0.1, 0.15) is 0 Å². The molecule has 3 N–H and O–H groups in total. The second-order valence-electron chi connectivity index (χ2n) is 5.52. The molecule has 0 aromatic heterocycles. The highest BCUT2D eigenvalue weighted by Crippen LogP contribution is 2.33. The van der Waals surface area contributed by atoms with Crippen LogP contribution in [0.3, 0.4) is 0 Å². The lowest BCUT2D eigenvalue weighted by Crippen LogP contribution is -2.56. The number of piperidine rings is 2. The van der Waals surface area contributed by atoms with Crippen molar-refractivity contribution in [3.05, 3.63) is 0 Å². The largest absolute Gasteiger partial charge is 0.328 e. The van der Waals surface area contributed by atoms with E-state index in [9.17, 15) is 8.42 Å². The Labute approximate surface area is 110 Å². The average molecular weight is 275 g/mol. The van der Waals surface area contributed by atoms with Gasteiger partial charge in [-0.3, -0.25) is 4.90 Å². The smallest absolute Gasteiger partial charge is 0.212 e. The first-order valence-electron chi connectivity index (χ1n) is 7.00. The van der Waals surface area contributed by atoms with Gasteiger partial charge in [-0.25, -0.2) is 13.1 Å². The topological polar surface area (TPSA) is 75.4 Å². The van der Waals surface area contributed by atoms with E-state index in [1.165, 1.54) is 19.3 Å². The number of nitrogens with two attached hydrogens (primary N) is 1. The van der Waals surface area contributed by atoms with Gasteiger partial charge in [0.05, 0.1) is 5.75 Å². The van der Waals surface area contributed by atoms with E-state index in [0.717, 1.165) is 12.8 Å². The standard InChI is InChI=1S/C12H25N3O2S/c1-2-14-18(16,17)7-6-15-11-4-3-5-12(15)9-10(13)8-11/h10-12,14H,2-9,13H2,1H3. The zero-order chi connectivity index (χ0) is 13.2. The van der Waals surface area contributed by atoms with Crippen LogP contribution in [0.1, 0.15) is 39.0 Å². The molecular weight excluding hydrogens is 250 g/mol. The summed E-state index contributed by atoms with van der Waals surface area (Å²) in [7, 11) is -3.10. The van der Waals surface area contributed by atoms with Crippen LogP contribution in [0.5, 0.6) is 0 Å². The summed E-state index contributed by atoms with van der Waals surface area (Å²) in [6.07, 6.45) is 5.66. The fraction of sp³-hybridized carbons (Fsp3) is 1.00. The summed E-state index contributed by atoms with van der Waals surface area (Å²) in [6, 6.07) is 1.32. The number of rotatable bonds is 5. The van der Waals surface area contributed by atoms with E-state index >= 15 is 0 Å². The number of hydrogen-bond acceptors (Lipinski definition) is 4. The van der Waals surface area contributed by atoms with Crippen LogP contribution in [0.15, 0.2) is 0 Å². The van der Waals surface area contributed by atoms with E-state index in [4.69, 9.17) is 5.73 Å². The molecule has 6 heteroatoms. The molecule has 2 unspecified atom stereocenters. The maximum atomic E-state index is 11.7. The van der Waals surface area contributed by atoms with Crippen LogP contribution >= 0.6 is 0 Å². The van der Waals surface area contributed by atoms with E-state index < -0.39 is 10.0 Å². The zero-order valence-corrected chi connectivity index (χ0v) is 12.0. The van der Waals surface area contributed by atoms with Crippen molar-refractivity contribution in [3.63, 3.8) is 0 Å². The maximum absolute atomic E-state index is 11.7. The molecule has 2 fully saturated rings. The van der Waals surface area contributed by atoms with Crippen molar-refractivity contribution in [2.75, 3.05) is 18.8 Å². The molecule has 106 valence electrons. The number of nitrogens with one attached hydrogen (secondary N) is 1. The Morgan fingerprint density at radius 3 is 2.44 bits per heavy atom. The van der Waals surface area contributed by atoms with Crippen LogP contribution in [0.4, 0.5) is 0 Å². The third-order valence-corrected chi connectivity index (χ3v) is 5.59. The normalized spacial score (nSPS) is 33.6. The average Bonchev–Trinajstić information content (AvgIpc) is 2.26. The van der Waals surface area contributed by atoms with Crippen molar-refractivity contribution < 1.29 is 8.42 Å². The van der Waals surface area contributed by atoms with E-state index in [-0.39, 0.29) is 5.75 Å². The summed E-state index contributed by atoms with van der Waals surface area (Å²) >= 11 is 0. The lowest BCUT2D eigenvalue weighted by atomic mass is 9.82. The van der Waals surface area contributed by atoms with Crippen molar-refractivity contribution in [1.29, 1.82) is 0 Å². The van der Waals surface area contributed by atoms with Gasteiger partial charge in [-0.05, 0) is 25.7 Å². The van der Waals surface area contributed by atoms with E-state index in [0.29, 0.717) is 31.2 Å². The summed E-state index contributed by atoms with van der Waals surface area (Å²) in [4.78, 5) is 2.39. The van der Waals surface area contributed by atoms with Gasteiger partial charge in [0.15, 0.2) is 0 Å². The highest BCUT2D eigenvalue weighted by molar-refractivity contribution is 7.89. The van der Waals surface area contributed by atoms with E-state index in [1.807, 2.05) is 6.92 Å². The number of hydrogen-bond donors (Lipinski definition) is 2. The zero-order valence-electron chi connectivity index (χ0n) is 11.1. The summed E-state index contributed by atoms with van der Waals surface area (Å²) in [5, 5.41) is 0. The van der Waals surface area contributed by atoms with Crippen LogP contribution in [-0.4, -0.2) is 50.3 Å². The maximum Gasteiger partial charge on any atom is 0.212 e. The summed E-state index contributed by atoms with van der Waals surface area (Å²) in [5.74, 6) is 0.211. The molecule has 0 radical (unpaired) electrons. The van der Waals surface area contributed by atoms with Crippen LogP contribution in [0.2, 0.25) is 0 Å². The second kappa shape index (κ2) is 5.86. The van der Waals surface area contributed by atoms with Crippen molar-refractivity contribution in [1.82, 2.24) is 9.62 Å². The molecule has 0 spiro atoms. The van der Waals surface area contributed by atoms with Crippen molar-refractivity contribution >= 4 is 10.0 Å².